The Bertz CT molecular complexity index is 589. The highest BCUT2D eigenvalue weighted by Gasteiger charge is 3.15. The largest absolute Gasteiger partial charge is 0.382 e. The highest BCUT2D eigenvalue weighted by Crippen LogP contribution is 2.81. The maximum atomic E-state index is 14.2. The molecule has 2 fully saturated rings. The van der Waals surface area contributed by atoms with E-state index in [1.807, 2.05) is 0 Å². The average Bonchev–Trinajstić information content (AvgIpc) is 2.58. The van der Waals surface area contributed by atoms with Crippen LogP contribution < -0.4 is 0 Å². The molecule has 180 valence electrons. The lowest BCUT2D eigenvalue weighted by molar-refractivity contribution is -0.560. The molecule has 0 atom stereocenters. The van der Waals surface area contributed by atoms with Crippen molar-refractivity contribution in [2.75, 3.05) is 7.18 Å². The van der Waals surface area contributed by atoms with E-state index >= 15 is 0 Å². The predicted octanol–water partition coefficient (Wildman–Crippen LogP) is 6.10. The summed E-state index contributed by atoms with van der Waals surface area (Å²) in [5, 5.41) is 0. The molecule has 2 saturated carbocycles. The van der Waals surface area contributed by atoms with Gasteiger partial charge in [0.25, 0.3) is 11.3 Å². The molecule has 0 aliphatic heterocycles. The molecule has 0 unspecified atom stereocenters. The minimum atomic E-state index is -8.64. The van der Waals surface area contributed by atoms with Gasteiger partial charge < -0.3 is 0 Å². The molecule has 0 saturated heterocycles. The molecule has 0 aromatic carbocycles. The second kappa shape index (κ2) is 5.72. The zero-order valence-corrected chi connectivity index (χ0v) is 13.2. The van der Waals surface area contributed by atoms with Crippen LogP contribution in [0.4, 0.5) is 83.4 Å². The highest BCUT2D eigenvalue weighted by molar-refractivity contribution is 5.42. The van der Waals surface area contributed by atoms with Crippen molar-refractivity contribution in [2.24, 2.45) is 0 Å². The van der Waals surface area contributed by atoms with Crippen LogP contribution in [-0.2, 0) is 0 Å². The lowest BCUT2D eigenvalue weighted by Gasteiger charge is -2.63. The molecular weight excluding hydrogens is 493 g/mol. The molecule has 2 aliphatic rings. The molecule has 0 N–H and O–H groups in total. The second-order valence-electron chi connectivity index (χ2n) is 5.91. The fourth-order valence-corrected chi connectivity index (χ4v) is 2.91. The number of fused-ring (bicyclic) bond motifs is 1. The van der Waals surface area contributed by atoms with E-state index in [9.17, 15) is 83.4 Å². The topological polar surface area (TPSA) is 0 Å². The summed E-state index contributed by atoms with van der Waals surface area (Å²) >= 11 is 0. The summed E-state index contributed by atoms with van der Waals surface area (Å²) in [7, 11) is 0.500. The number of hydrogen-bond acceptors (Lipinski definition) is 0. The van der Waals surface area contributed by atoms with Gasteiger partial charge in [-0.05, 0) is 0 Å². The van der Waals surface area contributed by atoms with Crippen molar-refractivity contribution in [1.29, 1.82) is 0 Å². The van der Waals surface area contributed by atoms with Crippen molar-refractivity contribution in [3.63, 3.8) is 0 Å². The third-order valence-electron chi connectivity index (χ3n) is 4.57. The summed E-state index contributed by atoms with van der Waals surface area (Å²) in [6, 6.07) is 0. The van der Waals surface area contributed by atoms with E-state index in [1.165, 1.54) is 0 Å². The first-order valence-corrected chi connectivity index (χ1v) is 6.53. The standard InChI is InChI=1S/C10F18.CH3F/c11-1-2(12,5(17,18)9(25,26)7(21,22)3(1,13)14)6(19,20)10(27,28)8(23,24)4(1,15)16;1-2/h;1H3. The van der Waals surface area contributed by atoms with Gasteiger partial charge in [-0.1, -0.05) is 0 Å². The van der Waals surface area contributed by atoms with Gasteiger partial charge in [0.05, 0.1) is 7.18 Å². The van der Waals surface area contributed by atoms with Crippen LogP contribution in [0.5, 0.6) is 0 Å². The molecule has 0 radical (unpaired) electrons. The lowest BCUT2D eigenvalue weighted by atomic mass is 9.54. The Morgan fingerprint density at radius 2 is 0.333 bits per heavy atom. The minimum absolute atomic E-state index is 0.500. The minimum Gasteiger partial charge on any atom is -0.255 e. The van der Waals surface area contributed by atoms with Crippen LogP contribution >= 0.6 is 0 Å². The Balaban J connectivity index is 0.00000218. The Labute approximate surface area is 151 Å². The quantitative estimate of drug-likeness (QED) is 0.356. The van der Waals surface area contributed by atoms with Gasteiger partial charge in [-0.15, -0.1) is 0 Å². The SMILES string of the molecule is CF.FC1(F)C(F)(F)C(F)(F)C2(F)C(F)(F)C(F)(F)C(F)(F)C(F)(F)C2(F)C1(F)F. The van der Waals surface area contributed by atoms with Gasteiger partial charge in [0.2, 0.25) is 0 Å². The van der Waals surface area contributed by atoms with Gasteiger partial charge in [-0.2, -0.15) is 70.2 Å². The van der Waals surface area contributed by atoms with E-state index in [0.717, 1.165) is 0 Å². The van der Waals surface area contributed by atoms with Gasteiger partial charge in [-0.25, -0.2) is 8.78 Å². The van der Waals surface area contributed by atoms with Crippen LogP contribution in [0.15, 0.2) is 0 Å². The van der Waals surface area contributed by atoms with Crippen molar-refractivity contribution in [3.05, 3.63) is 0 Å². The highest BCUT2D eigenvalue weighted by atomic mass is 19.4. The molecule has 0 aromatic heterocycles. The molecule has 19 heteroatoms. The van der Waals surface area contributed by atoms with Gasteiger partial charge in [-0.3, -0.25) is 4.39 Å². The zero-order valence-electron chi connectivity index (χ0n) is 13.2. The van der Waals surface area contributed by atoms with Crippen LogP contribution in [0.25, 0.3) is 0 Å². The van der Waals surface area contributed by atoms with E-state index in [0.29, 0.717) is 7.18 Å². The van der Waals surface area contributed by atoms with Crippen molar-refractivity contribution in [2.45, 2.75) is 58.7 Å². The normalized spacial score (nSPS) is 40.4. The average molecular weight is 496 g/mol. The van der Waals surface area contributed by atoms with Crippen LogP contribution in [0.1, 0.15) is 0 Å². The molecule has 0 spiro atoms. The third kappa shape index (κ3) is 1.84. The summed E-state index contributed by atoms with van der Waals surface area (Å²) in [6.07, 6.45) is 0. The van der Waals surface area contributed by atoms with Crippen LogP contribution in [0.2, 0.25) is 0 Å². The molecule has 0 nitrogen and oxygen atoms in total. The first kappa shape index (κ1) is 26.7. The predicted molar refractivity (Wildman–Crippen MR) is 54.3 cm³/mol. The third-order valence-corrected chi connectivity index (χ3v) is 4.57. The maximum Gasteiger partial charge on any atom is 0.382 e. The van der Waals surface area contributed by atoms with Gasteiger partial charge in [0.1, 0.15) is 0 Å². The molecule has 2 aliphatic carbocycles. The van der Waals surface area contributed by atoms with Crippen molar-refractivity contribution in [1.82, 2.24) is 0 Å². The van der Waals surface area contributed by atoms with Crippen molar-refractivity contribution in [3.8, 4) is 0 Å². The summed E-state index contributed by atoms with van der Waals surface area (Å²) in [4.78, 5) is 0. The summed E-state index contributed by atoms with van der Waals surface area (Å²) in [6.45, 7) is 0. The smallest absolute Gasteiger partial charge is 0.255 e. The summed E-state index contributed by atoms with van der Waals surface area (Å²) in [5.41, 5.74) is -17.3. The Hall–Kier alpha value is -1.33. The number of halogens is 19. The molecule has 0 heterocycles. The van der Waals surface area contributed by atoms with Gasteiger partial charge in [0.15, 0.2) is 0 Å². The molecular formula is C11H3F19. The van der Waals surface area contributed by atoms with Gasteiger partial charge >= 0.3 is 47.4 Å². The van der Waals surface area contributed by atoms with E-state index < -0.39 is 58.7 Å². The first-order chi connectivity index (χ1) is 12.8. The van der Waals surface area contributed by atoms with Gasteiger partial charge in [0, 0.05) is 0 Å². The molecule has 0 amide bonds. The van der Waals surface area contributed by atoms with Crippen LogP contribution in [-0.4, -0.2) is 65.9 Å². The molecule has 30 heavy (non-hydrogen) atoms. The zero-order chi connectivity index (χ0) is 25.0. The Morgan fingerprint density at radius 1 is 0.233 bits per heavy atom. The molecule has 2 rings (SSSR count). The van der Waals surface area contributed by atoms with E-state index in [-0.39, 0.29) is 0 Å². The second-order valence-corrected chi connectivity index (χ2v) is 5.91. The van der Waals surface area contributed by atoms with Crippen molar-refractivity contribution < 1.29 is 83.4 Å². The summed E-state index contributed by atoms with van der Waals surface area (Å²) in [5.74, 6) is -66.8. The van der Waals surface area contributed by atoms with Crippen LogP contribution in [0, 0.1) is 0 Å². The fourth-order valence-electron chi connectivity index (χ4n) is 2.91. The Morgan fingerprint density at radius 3 is 0.433 bits per heavy atom. The van der Waals surface area contributed by atoms with Crippen molar-refractivity contribution >= 4 is 0 Å². The summed E-state index contributed by atoms with van der Waals surface area (Å²) < 4.78 is 250. The molecule has 0 bridgehead atoms. The first-order valence-electron chi connectivity index (χ1n) is 6.53. The number of hydrogen-bond donors (Lipinski definition) is 0. The monoisotopic (exact) mass is 496 g/mol. The fraction of sp³-hybridized carbons (Fsp3) is 1.00. The lowest BCUT2D eigenvalue weighted by Crippen LogP contribution is -2.98. The van der Waals surface area contributed by atoms with E-state index in [2.05, 4.69) is 0 Å². The maximum absolute atomic E-state index is 14.2. The van der Waals surface area contributed by atoms with E-state index in [1.54, 1.807) is 0 Å². The Kier molecular flexibility index (Phi) is 5.09. The number of alkyl halides is 19. The van der Waals surface area contributed by atoms with E-state index in [4.69, 9.17) is 0 Å². The number of rotatable bonds is 0. The molecule has 0 aromatic rings. The van der Waals surface area contributed by atoms with Crippen LogP contribution in [0.3, 0.4) is 0 Å².